The lowest BCUT2D eigenvalue weighted by Crippen LogP contribution is -2.31. The zero-order valence-electron chi connectivity index (χ0n) is 14.8. The predicted octanol–water partition coefficient (Wildman–Crippen LogP) is 3.14. The maximum absolute atomic E-state index is 10.8. The average Bonchev–Trinajstić information content (AvgIpc) is 2.67. The summed E-state index contributed by atoms with van der Waals surface area (Å²) in [5.41, 5.74) is 12.4. The Kier molecular flexibility index (Phi) is 6.62. The Morgan fingerprint density at radius 1 is 1.19 bits per heavy atom. The third-order valence-electron chi connectivity index (χ3n) is 3.65. The molecule has 3 rings (SSSR count). The molecule has 0 aliphatic heterocycles. The minimum Gasteiger partial charge on any atom is -0.494 e. The summed E-state index contributed by atoms with van der Waals surface area (Å²) in [7, 11) is 3.26. The van der Waals surface area contributed by atoms with Crippen molar-refractivity contribution in [1.82, 2.24) is 9.97 Å². The number of thioether (sulfide) groups is 1. The molecule has 0 aliphatic rings. The molecule has 0 unspecified atom stereocenters. The number of fused-ring (bicyclic) bond motifs is 1. The van der Waals surface area contributed by atoms with E-state index >= 15 is 0 Å². The molecule has 8 heteroatoms. The van der Waals surface area contributed by atoms with Gasteiger partial charge >= 0.3 is 6.03 Å². The molecular formula is C18H21N5O2S. The number of anilines is 2. The lowest BCUT2D eigenvalue weighted by atomic mass is 10.2. The van der Waals surface area contributed by atoms with Crippen LogP contribution >= 0.6 is 11.8 Å². The molecular weight excluding hydrogens is 350 g/mol. The molecule has 26 heavy (non-hydrogen) atoms. The lowest BCUT2D eigenvalue weighted by molar-refractivity contribution is 0.255. The molecule has 0 spiro atoms. The van der Waals surface area contributed by atoms with Crippen molar-refractivity contribution in [2.75, 3.05) is 31.0 Å². The van der Waals surface area contributed by atoms with E-state index in [0.29, 0.717) is 11.6 Å². The van der Waals surface area contributed by atoms with Gasteiger partial charge in [0.15, 0.2) is 0 Å². The van der Waals surface area contributed by atoms with Gasteiger partial charge in [-0.25, -0.2) is 14.8 Å². The SMILES string of the molecule is COc1cccc2c(N)ncnc12.CSc1cccc(N(C)C(N)=O)c1. The number of carbonyl (C=O) groups excluding carboxylic acids is 1. The molecule has 1 heterocycles. The minimum atomic E-state index is -0.446. The van der Waals surface area contributed by atoms with Crippen molar-refractivity contribution in [1.29, 1.82) is 0 Å². The molecule has 0 bridgehead atoms. The molecule has 4 N–H and O–H groups in total. The second-order valence-electron chi connectivity index (χ2n) is 5.21. The van der Waals surface area contributed by atoms with Crippen LogP contribution in [0.3, 0.4) is 0 Å². The maximum Gasteiger partial charge on any atom is 0.318 e. The van der Waals surface area contributed by atoms with Gasteiger partial charge in [-0.2, -0.15) is 0 Å². The van der Waals surface area contributed by atoms with Crippen LogP contribution in [0.1, 0.15) is 0 Å². The first-order chi connectivity index (χ1) is 12.5. The Balaban J connectivity index is 0.000000187. The fourth-order valence-electron chi connectivity index (χ4n) is 2.19. The molecule has 0 saturated heterocycles. The van der Waals surface area contributed by atoms with Gasteiger partial charge in [0.2, 0.25) is 0 Å². The number of benzene rings is 2. The fraction of sp³-hybridized carbons (Fsp3) is 0.167. The Bertz CT molecular complexity index is 904. The first-order valence-electron chi connectivity index (χ1n) is 7.68. The van der Waals surface area contributed by atoms with Crippen LogP contribution in [0.15, 0.2) is 53.7 Å². The number of hydrogen-bond acceptors (Lipinski definition) is 6. The molecule has 7 nitrogen and oxygen atoms in total. The number of urea groups is 1. The molecule has 0 aliphatic carbocycles. The monoisotopic (exact) mass is 371 g/mol. The highest BCUT2D eigenvalue weighted by molar-refractivity contribution is 7.98. The number of hydrogen-bond donors (Lipinski definition) is 2. The van der Waals surface area contributed by atoms with Gasteiger partial charge in [-0.1, -0.05) is 12.1 Å². The van der Waals surface area contributed by atoms with E-state index in [1.165, 1.54) is 11.2 Å². The van der Waals surface area contributed by atoms with Crippen molar-refractivity contribution in [3.05, 3.63) is 48.8 Å². The van der Waals surface area contributed by atoms with Crippen LogP contribution in [0.2, 0.25) is 0 Å². The number of nitrogen functional groups attached to an aromatic ring is 1. The number of aromatic nitrogens is 2. The zero-order chi connectivity index (χ0) is 19.1. The summed E-state index contributed by atoms with van der Waals surface area (Å²) in [6, 6.07) is 12.8. The van der Waals surface area contributed by atoms with Crippen molar-refractivity contribution in [2.45, 2.75) is 4.90 Å². The number of carbonyl (C=O) groups is 1. The van der Waals surface area contributed by atoms with Crippen molar-refractivity contribution < 1.29 is 9.53 Å². The first-order valence-corrected chi connectivity index (χ1v) is 8.90. The van der Waals surface area contributed by atoms with E-state index < -0.39 is 6.03 Å². The molecule has 0 atom stereocenters. The van der Waals surface area contributed by atoms with Crippen LogP contribution in [0.5, 0.6) is 5.75 Å². The van der Waals surface area contributed by atoms with Crippen molar-refractivity contribution >= 4 is 40.2 Å². The van der Waals surface area contributed by atoms with Gasteiger partial charge in [0.1, 0.15) is 23.4 Å². The maximum atomic E-state index is 10.8. The standard InChI is InChI=1S/C9H9N3O.C9H12N2OS/c1-13-7-4-2-3-6-8(7)11-5-12-9(6)10;1-11(9(10)12)7-4-3-5-8(6-7)13-2/h2-5H,1H3,(H2,10,11,12);3-6H,1-2H3,(H2,10,12). The van der Waals surface area contributed by atoms with Crippen LogP contribution in [-0.2, 0) is 0 Å². The normalized spacial score (nSPS) is 9.96. The van der Waals surface area contributed by atoms with E-state index in [9.17, 15) is 4.79 Å². The number of para-hydroxylation sites is 1. The number of methoxy groups -OCH3 is 1. The summed E-state index contributed by atoms with van der Waals surface area (Å²) >= 11 is 1.63. The summed E-state index contributed by atoms with van der Waals surface area (Å²) in [5.74, 6) is 1.19. The predicted molar refractivity (Wildman–Crippen MR) is 107 cm³/mol. The van der Waals surface area contributed by atoms with Gasteiger partial charge in [-0.05, 0) is 36.6 Å². The molecule has 2 amide bonds. The number of primary amides is 1. The van der Waals surface area contributed by atoms with E-state index in [0.717, 1.165) is 21.5 Å². The fourth-order valence-corrected chi connectivity index (χ4v) is 2.64. The van der Waals surface area contributed by atoms with E-state index in [1.54, 1.807) is 25.9 Å². The average molecular weight is 371 g/mol. The number of nitrogens with two attached hydrogens (primary N) is 2. The van der Waals surface area contributed by atoms with Crippen LogP contribution in [0, 0.1) is 0 Å². The van der Waals surface area contributed by atoms with Crippen molar-refractivity contribution in [2.24, 2.45) is 5.73 Å². The number of rotatable bonds is 3. The summed E-state index contributed by atoms with van der Waals surface area (Å²) in [6.45, 7) is 0. The van der Waals surface area contributed by atoms with Gasteiger partial charge < -0.3 is 16.2 Å². The molecule has 136 valence electrons. The van der Waals surface area contributed by atoms with Crippen LogP contribution in [-0.4, -0.2) is 36.4 Å². The molecule has 0 saturated carbocycles. The topological polar surface area (TPSA) is 107 Å². The van der Waals surface area contributed by atoms with Crippen LogP contribution in [0.4, 0.5) is 16.3 Å². The highest BCUT2D eigenvalue weighted by atomic mass is 32.2. The third-order valence-corrected chi connectivity index (χ3v) is 4.38. The number of ether oxygens (including phenoxy) is 1. The Hall–Kier alpha value is -3.00. The minimum absolute atomic E-state index is 0.446. The molecule has 1 aromatic heterocycles. The second kappa shape index (κ2) is 8.91. The van der Waals surface area contributed by atoms with E-state index in [2.05, 4.69) is 9.97 Å². The second-order valence-corrected chi connectivity index (χ2v) is 6.09. The van der Waals surface area contributed by atoms with Crippen LogP contribution < -0.4 is 21.1 Å². The number of amides is 2. The molecule has 0 fully saturated rings. The zero-order valence-corrected chi connectivity index (χ0v) is 15.7. The lowest BCUT2D eigenvalue weighted by Gasteiger charge is -2.14. The van der Waals surface area contributed by atoms with Gasteiger partial charge in [-0.15, -0.1) is 11.8 Å². The molecule has 0 radical (unpaired) electrons. The summed E-state index contributed by atoms with van der Waals surface area (Å²) < 4.78 is 5.14. The first kappa shape index (κ1) is 19.3. The third kappa shape index (κ3) is 4.54. The Morgan fingerprint density at radius 2 is 1.92 bits per heavy atom. The summed E-state index contributed by atoms with van der Waals surface area (Å²) in [4.78, 5) is 21.4. The Morgan fingerprint density at radius 3 is 2.58 bits per heavy atom. The smallest absolute Gasteiger partial charge is 0.318 e. The van der Waals surface area contributed by atoms with Crippen molar-refractivity contribution in [3.63, 3.8) is 0 Å². The van der Waals surface area contributed by atoms with Crippen LogP contribution in [0.25, 0.3) is 10.9 Å². The Labute approximate surface area is 156 Å². The van der Waals surface area contributed by atoms with E-state index in [-0.39, 0.29) is 0 Å². The van der Waals surface area contributed by atoms with Crippen molar-refractivity contribution in [3.8, 4) is 5.75 Å². The molecule has 2 aromatic carbocycles. The van der Waals surface area contributed by atoms with Gasteiger partial charge in [0.25, 0.3) is 0 Å². The summed E-state index contributed by atoms with van der Waals surface area (Å²) in [6.07, 6.45) is 3.42. The molecule has 3 aromatic rings. The van der Waals surface area contributed by atoms with E-state index in [4.69, 9.17) is 16.2 Å². The highest BCUT2D eigenvalue weighted by Crippen LogP contribution is 2.25. The van der Waals surface area contributed by atoms with Gasteiger partial charge in [0, 0.05) is 23.0 Å². The largest absolute Gasteiger partial charge is 0.494 e. The number of nitrogens with zero attached hydrogens (tertiary/aromatic N) is 3. The van der Waals surface area contributed by atoms with Gasteiger partial charge in [-0.3, -0.25) is 4.90 Å². The summed E-state index contributed by atoms with van der Waals surface area (Å²) in [5, 5.41) is 0.821. The van der Waals surface area contributed by atoms with E-state index in [1.807, 2.05) is 48.7 Å². The quantitative estimate of drug-likeness (QED) is 0.685. The highest BCUT2D eigenvalue weighted by Gasteiger charge is 2.06. The van der Waals surface area contributed by atoms with Gasteiger partial charge in [0.05, 0.1) is 7.11 Å².